The standard InChI is InChI=1S/C136H158N6O6/c1-7-13-19-25-31-45-99-143-119-87-75-109(76-88-119)137-105-59-67-111(68-60-105)139(115-79-91-121(92-80-115)145-101-47-33-27-21-15-9-3)133-125-51-37-41-55-129(125)135(130-56-42-38-52-126(130)133)141(117-83-95-123(96-84-117)147-103-49-35-29-23-17-11-5)113-71-63-107(64-72-113)138(110-77-89-120(90-78-110)144-100-46-32-26-20-14-8-2)108-65-73-114(74-66-108)142(118-85-97-124(98-86-118)148-104-50-36-30-24-18-12-6)136-131-57-43-39-53-127(131)134(128-54-40-44-58-132(128)136)140(112-69-61-106(137)62-70-112)116-81-93-122(94-82-116)146-102-48-34-28-22-16-10-4/h37-44,51-98H,7-36,45-50,99-104H2,1-6H3. The highest BCUT2D eigenvalue weighted by Crippen LogP contribution is 2.56. The second-order valence-corrected chi connectivity index (χ2v) is 40.3. The van der Waals surface area contributed by atoms with E-state index in [1.165, 1.54) is 154 Å². The molecule has 7 heterocycles. The topological polar surface area (TPSA) is 74.8 Å². The summed E-state index contributed by atoms with van der Waals surface area (Å²) in [5.74, 6) is 5.14. The van der Waals surface area contributed by atoms with Crippen LogP contribution < -0.4 is 57.8 Å². The minimum atomic E-state index is 0.667. The highest BCUT2D eigenvalue weighted by molar-refractivity contribution is 6.25. The lowest BCUT2D eigenvalue weighted by atomic mass is 9.95. The van der Waals surface area contributed by atoms with Crippen molar-refractivity contribution in [2.45, 2.75) is 273 Å². The maximum atomic E-state index is 6.65. The van der Waals surface area contributed by atoms with Gasteiger partial charge in [-0.05, 0) is 281 Å². The fraction of sp³-hybridized carbons (Fsp3) is 0.353. The first-order chi connectivity index (χ1) is 73.3. The Morgan fingerprint density at radius 3 is 0.358 bits per heavy atom. The Hall–Kier alpha value is -13.8. The van der Waals surface area contributed by atoms with Gasteiger partial charge < -0.3 is 57.8 Å². The molecule has 0 fully saturated rings. The zero-order valence-corrected chi connectivity index (χ0v) is 89.2. The molecule has 0 amide bonds. The third-order valence-electron chi connectivity index (χ3n) is 29.3. The summed E-state index contributed by atoms with van der Waals surface area (Å²) in [5, 5.41) is 8.67. The minimum absolute atomic E-state index is 0.667. The quantitative estimate of drug-likeness (QED) is 0.0269. The summed E-state index contributed by atoms with van der Waals surface area (Å²) in [6.07, 6.45) is 42.9. The Balaban J connectivity index is 0.877. The van der Waals surface area contributed by atoms with Crippen LogP contribution in [0.2, 0.25) is 0 Å². The summed E-state index contributed by atoms with van der Waals surface area (Å²) >= 11 is 0. The van der Waals surface area contributed by atoms with Crippen LogP contribution in [0.5, 0.6) is 34.5 Å². The van der Waals surface area contributed by atoms with Crippen molar-refractivity contribution in [2.24, 2.45) is 0 Å². The zero-order valence-electron chi connectivity index (χ0n) is 89.2. The molecule has 0 radical (unpaired) electrons. The van der Waals surface area contributed by atoms with E-state index in [4.69, 9.17) is 28.4 Å². The first-order valence-electron chi connectivity index (χ1n) is 56.7. The lowest BCUT2D eigenvalue weighted by Crippen LogP contribution is -2.16. The van der Waals surface area contributed by atoms with Gasteiger partial charge in [0.2, 0.25) is 0 Å². The van der Waals surface area contributed by atoms with E-state index in [0.717, 1.165) is 257 Å². The average molecular weight is 1970 g/mol. The lowest BCUT2D eigenvalue weighted by Gasteiger charge is -2.34. The molecule has 12 bridgehead atoms. The number of fused-ring (bicyclic) bond motifs is 2. The summed E-state index contributed by atoms with van der Waals surface area (Å²) in [5.41, 5.74) is 18.1. The monoisotopic (exact) mass is 1970 g/mol. The van der Waals surface area contributed by atoms with Crippen molar-refractivity contribution in [1.29, 1.82) is 0 Å². The van der Waals surface area contributed by atoms with Crippen LogP contribution in [0.15, 0.2) is 340 Å². The van der Waals surface area contributed by atoms with Crippen molar-refractivity contribution in [3.8, 4) is 34.5 Å². The largest absolute Gasteiger partial charge is 0.494 e. The molecular formula is C136H158N6O6. The molecule has 16 aromatic carbocycles. The van der Waals surface area contributed by atoms with E-state index in [9.17, 15) is 0 Å². The van der Waals surface area contributed by atoms with Gasteiger partial charge in [0.1, 0.15) is 34.5 Å². The van der Waals surface area contributed by atoms with Gasteiger partial charge >= 0.3 is 0 Å². The molecule has 12 nitrogen and oxygen atoms in total. The molecule has 148 heavy (non-hydrogen) atoms. The summed E-state index contributed by atoms with van der Waals surface area (Å²) in [6, 6.07) is 126. The van der Waals surface area contributed by atoms with E-state index >= 15 is 0 Å². The molecule has 7 aliphatic rings. The zero-order chi connectivity index (χ0) is 101. The molecule has 0 atom stereocenters. The van der Waals surface area contributed by atoms with Crippen LogP contribution in [0.3, 0.4) is 0 Å². The van der Waals surface area contributed by atoms with Crippen molar-refractivity contribution in [3.05, 3.63) is 340 Å². The number of hydrogen-bond donors (Lipinski definition) is 0. The van der Waals surface area contributed by atoms with Crippen molar-refractivity contribution < 1.29 is 28.4 Å². The van der Waals surface area contributed by atoms with E-state index in [2.05, 4.69) is 411 Å². The number of anilines is 18. The molecule has 0 spiro atoms. The number of benzene rings is 16. The Kier molecular flexibility index (Phi) is 39.8. The average Bonchev–Trinajstić information content (AvgIpc) is 0.724. The van der Waals surface area contributed by atoms with E-state index < -0.39 is 0 Å². The van der Waals surface area contributed by atoms with Crippen molar-refractivity contribution >= 4 is 145 Å². The van der Waals surface area contributed by atoms with Crippen LogP contribution in [0.1, 0.15) is 273 Å². The van der Waals surface area contributed by atoms with Crippen LogP contribution in [-0.4, -0.2) is 39.6 Å². The Morgan fingerprint density at radius 2 is 0.230 bits per heavy atom. The van der Waals surface area contributed by atoms with E-state index in [-0.39, 0.29) is 0 Å². The normalized spacial score (nSPS) is 12.2. The van der Waals surface area contributed by atoms with Crippen LogP contribution in [-0.2, 0) is 0 Å². The molecule has 768 valence electrons. The Bertz CT molecular complexity index is 5820. The summed E-state index contributed by atoms with van der Waals surface area (Å²) in [4.78, 5) is 14.7. The predicted molar refractivity (Wildman–Crippen MR) is 631 cm³/mol. The molecule has 0 aliphatic carbocycles. The first kappa shape index (κ1) is 106. The minimum Gasteiger partial charge on any atom is -0.494 e. The van der Waals surface area contributed by atoms with E-state index in [1.807, 2.05) is 0 Å². The summed E-state index contributed by atoms with van der Waals surface area (Å²) in [7, 11) is 0. The van der Waals surface area contributed by atoms with E-state index in [0.29, 0.717) is 39.6 Å². The molecule has 0 unspecified atom stereocenters. The second kappa shape index (κ2) is 55.8. The molecular weight excluding hydrogens is 1810 g/mol. The van der Waals surface area contributed by atoms with Gasteiger partial charge in [0.15, 0.2) is 0 Å². The van der Waals surface area contributed by atoms with Gasteiger partial charge in [-0.25, -0.2) is 0 Å². The molecule has 23 rings (SSSR count). The maximum Gasteiger partial charge on any atom is 0.119 e. The van der Waals surface area contributed by atoms with Crippen LogP contribution in [0.25, 0.3) is 43.1 Å². The molecule has 0 saturated heterocycles. The number of hydrogen-bond acceptors (Lipinski definition) is 12. The summed E-state index contributed by atoms with van der Waals surface area (Å²) in [6.45, 7) is 17.7. The van der Waals surface area contributed by atoms with Crippen molar-refractivity contribution in [2.75, 3.05) is 69.0 Å². The Morgan fingerprint density at radius 1 is 0.122 bits per heavy atom. The second-order valence-electron chi connectivity index (χ2n) is 40.3. The molecule has 0 aromatic heterocycles. The third-order valence-corrected chi connectivity index (χ3v) is 29.3. The van der Waals surface area contributed by atoms with Gasteiger partial charge in [0, 0.05) is 123 Å². The van der Waals surface area contributed by atoms with Crippen LogP contribution in [0.4, 0.5) is 102 Å². The fourth-order valence-corrected chi connectivity index (χ4v) is 21.2. The molecule has 12 heteroatoms. The molecule has 16 aromatic rings. The number of nitrogens with zero attached hydrogens (tertiary/aromatic N) is 6. The Labute approximate surface area is 884 Å². The number of unbranched alkanes of at least 4 members (excludes halogenated alkanes) is 30. The highest BCUT2D eigenvalue weighted by atomic mass is 16.5. The number of ether oxygens (including phenoxy) is 6. The van der Waals surface area contributed by atoms with Gasteiger partial charge in [0.05, 0.1) is 62.4 Å². The smallest absolute Gasteiger partial charge is 0.119 e. The van der Waals surface area contributed by atoms with Gasteiger partial charge in [-0.2, -0.15) is 0 Å². The molecule has 0 saturated carbocycles. The fourth-order valence-electron chi connectivity index (χ4n) is 21.2. The van der Waals surface area contributed by atoms with Crippen LogP contribution in [0, 0.1) is 0 Å². The molecule has 7 aliphatic heterocycles. The third kappa shape index (κ3) is 27.4. The predicted octanol–water partition coefficient (Wildman–Crippen LogP) is 41.9. The first-order valence-corrected chi connectivity index (χ1v) is 56.7. The van der Waals surface area contributed by atoms with Gasteiger partial charge in [-0.3, -0.25) is 0 Å². The number of rotatable bonds is 54. The highest BCUT2D eigenvalue weighted by Gasteiger charge is 2.31. The van der Waals surface area contributed by atoms with Gasteiger partial charge in [-0.15, -0.1) is 0 Å². The van der Waals surface area contributed by atoms with E-state index in [1.54, 1.807) is 0 Å². The lowest BCUT2D eigenvalue weighted by molar-refractivity contribution is 0.304. The van der Waals surface area contributed by atoms with Crippen molar-refractivity contribution in [3.63, 3.8) is 0 Å². The molecule has 0 N–H and O–H groups in total. The van der Waals surface area contributed by atoms with Gasteiger partial charge in [-0.1, -0.05) is 331 Å². The SMILES string of the molecule is CCCCCCCCOc1ccc(N2c3ccc(cc3)N(c3ccc(OCCCCCCCC)cc3)c3c4ccccc4c(c4ccccc34)N(c3ccc(OCCCCCCCC)cc3)c3ccc(cc3)N(c3ccc(OCCCCCCCC)cc3)c3ccc(cc3)N(c3ccc(OCCCCCCCC)cc3)c3c4ccccc4c(c4ccccc34)N(c3ccc(OCCCCCCCC)cc3)c3ccc2cc3)cc1. The van der Waals surface area contributed by atoms with Crippen molar-refractivity contribution in [1.82, 2.24) is 0 Å². The summed E-state index contributed by atoms with van der Waals surface area (Å²) < 4.78 is 39.8. The van der Waals surface area contributed by atoms with Gasteiger partial charge in [0.25, 0.3) is 0 Å². The van der Waals surface area contributed by atoms with Crippen LogP contribution >= 0.6 is 0 Å². The maximum absolute atomic E-state index is 6.65.